The third-order valence-corrected chi connectivity index (χ3v) is 1.94. The van der Waals surface area contributed by atoms with Crippen molar-refractivity contribution in [1.82, 2.24) is 0 Å². The van der Waals surface area contributed by atoms with Gasteiger partial charge in [-0.2, -0.15) is 0 Å². The first-order valence-electron chi connectivity index (χ1n) is 5.12. The highest BCUT2D eigenvalue weighted by Gasteiger charge is 2.26. The molecule has 0 bridgehead atoms. The van der Waals surface area contributed by atoms with E-state index in [2.05, 4.69) is 6.58 Å². The van der Waals surface area contributed by atoms with Crippen LogP contribution in [0.4, 0.5) is 0 Å². The number of hydrogen-bond acceptors (Lipinski definition) is 5. The minimum Gasteiger partial charge on any atom is -0.465 e. The van der Waals surface area contributed by atoms with E-state index in [0.29, 0.717) is 5.76 Å². The molecule has 1 rings (SSSR count). The first-order valence-corrected chi connectivity index (χ1v) is 5.12. The number of carbonyl (C=O) groups excluding carboxylic acids is 2. The first-order chi connectivity index (χ1) is 8.06. The Morgan fingerprint density at radius 3 is 2.71 bits per heavy atom. The van der Waals surface area contributed by atoms with Crippen molar-refractivity contribution in [2.24, 2.45) is 0 Å². The highest BCUT2D eigenvalue weighted by Crippen LogP contribution is 2.26. The Morgan fingerprint density at radius 1 is 1.53 bits per heavy atom. The Labute approximate surface area is 99.0 Å². The van der Waals surface area contributed by atoms with Gasteiger partial charge < -0.3 is 13.9 Å². The van der Waals surface area contributed by atoms with Crippen molar-refractivity contribution in [3.8, 4) is 0 Å². The highest BCUT2D eigenvalue weighted by atomic mass is 16.6. The van der Waals surface area contributed by atoms with Crippen molar-refractivity contribution in [3.05, 3.63) is 36.3 Å². The maximum atomic E-state index is 11.5. The molecular weight excluding hydrogens is 224 g/mol. The van der Waals surface area contributed by atoms with E-state index >= 15 is 0 Å². The summed E-state index contributed by atoms with van der Waals surface area (Å²) in [6, 6.07) is 3.22. The molecule has 0 saturated heterocycles. The first kappa shape index (κ1) is 13.0. The van der Waals surface area contributed by atoms with Crippen molar-refractivity contribution < 1.29 is 23.5 Å². The van der Waals surface area contributed by atoms with Crippen molar-refractivity contribution in [1.29, 1.82) is 0 Å². The topological polar surface area (TPSA) is 65.7 Å². The molecule has 0 amide bonds. The van der Waals surface area contributed by atoms with Gasteiger partial charge in [0.25, 0.3) is 0 Å². The van der Waals surface area contributed by atoms with Crippen LogP contribution in [0.2, 0.25) is 0 Å². The van der Waals surface area contributed by atoms with Crippen molar-refractivity contribution >= 4 is 11.9 Å². The van der Waals surface area contributed by atoms with Crippen molar-refractivity contribution in [3.63, 3.8) is 0 Å². The fourth-order valence-electron chi connectivity index (χ4n) is 1.24. The highest BCUT2D eigenvalue weighted by molar-refractivity contribution is 5.89. The summed E-state index contributed by atoms with van der Waals surface area (Å²) in [7, 11) is 0. The molecule has 1 heterocycles. The van der Waals surface area contributed by atoms with E-state index in [1.807, 2.05) is 0 Å². The van der Waals surface area contributed by atoms with Gasteiger partial charge in [-0.1, -0.05) is 6.58 Å². The largest absolute Gasteiger partial charge is 0.465 e. The number of hydrogen-bond donors (Lipinski definition) is 0. The summed E-state index contributed by atoms with van der Waals surface area (Å²) in [6.45, 7) is 6.72. The molecule has 1 atom stereocenters. The summed E-state index contributed by atoms with van der Waals surface area (Å²) in [6.07, 6.45) is 0.478. The molecule has 0 N–H and O–H groups in total. The summed E-state index contributed by atoms with van der Waals surface area (Å²) < 4.78 is 14.9. The molecule has 92 valence electrons. The molecule has 1 aromatic rings. The van der Waals surface area contributed by atoms with Gasteiger partial charge in [-0.3, -0.25) is 4.79 Å². The lowest BCUT2D eigenvalue weighted by molar-refractivity contribution is -0.148. The fraction of sp³-hybridized carbons (Fsp3) is 0.333. The maximum absolute atomic E-state index is 11.5. The van der Waals surface area contributed by atoms with Gasteiger partial charge in [0, 0.05) is 6.92 Å². The number of rotatable bonds is 5. The molecule has 1 unspecified atom stereocenters. The van der Waals surface area contributed by atoms with E-state index in [1.54, 1.807) is 19.1 Å². The van der Waals surface area contributed by atoms with Crippen LogP contribution in [-0.2, 0) is 19.1 Å². The van der Waals surface area contributed by atoms with Gasteiger partial charge in [-0.15, -0.1) is 0 Å². The van der Waals surface area contributed by atoms with Gasteiger partial charge >= 0.3 is 11.9 Å². The molecule has 0 spiro atoms. The van der Waals surface area contributed by atoms with Gasteiger partial charge in [0.05, 0.1) is 18.4 Å². The van der Waals surface area contributed by atoms with E-state index in [4.69, 9.17) is 13.9 Å². The van der Waals surface area contributed by atoms with Crippen LogP contribution < -0.4 is 0 Å². The average molecular weight is 238 g/mol. The molecule has 0 aromatic carbocycles. The Morgan fingerprint density at radius 2 is 2.24 bits per heavy atom. The minimum atomic E-state index is -0.943. The Hall–Kier alpha value is -2.04. The zero-order valence-electron chi connectivity index (χ0n) is 9.76. The second-order valence-corrected chi connectivity index (χ2v) is 3.25. The minimum absolute atomic E-state index is 0.0250. The molecule has 0 aliphatic rings. The lowest BCUT2D eigenvalue weighted by Gasteiger charge is -2.16. The Bertz CT molecular complexity index is 405. The average Bonchev–Trinajstić information content (AvgIpc) is 2.78. The van der Waals surface area contributed by atoms with Crippen LogP contribution in [-0.4, -0.2) is 18.5 Å². The standard InChI is InChI=1S/C12H14O5/c1-4-15-12(14)8(2)11(17-9(3)13)10-6-5-7-16-10/h5-7,11H,2,4H2,1,3H3. The van der Waals surface area contributed by atoms with Crippen LogP contribution in [0.15, 0.2) is 35.0 Å². The molecule has 0 radical (unpaired) electrons. The zero-order valence-corrected chi connectivity index (χ0v) is 9.76. The third kappa shape index (κ3) is 3.48. The summed E-state index contributed by atoms with van der Waals surface area (Å²) in [5, 5.41) is 0. The second-order valence-electron chi connectivity index (χ2n) is 3.25. The summed E-state index contributed by atoms with van der Waals surface area (Å²) in [5.74, 6) is -0.815. The van der Waals surface area contributed by atoms with Gasteiger partial charge in [0.1, 0.15) is 5.76 Å². The number of furan rings is 1. The summed E-state index contributed by atoms with van der Waals surface area (Å²) in [4.78, 5) is 22.5. The van der Waals surface area contributed by atoms with Gasteiger partial charge in [-0.25, -0.2) is 4.79 Å². The molecule has 0 fully saturated rings. The van der Waals surface area contributed by atoms with Crippen LogP contribution in [0.25, 0.3) is 0 Å². The molecule has 0 aliphatic heterocycles. The Balaban J connectivity index is 2.87. The number of esters is 2. The van der Waals surface area contributed by atoms with Gasteiger partial charge in [-0.05, 0) is 19.1 Å². The predicted octanol–water partition coefficient (Wildman–Crippen LogP) is 2.00. The summed E-state index contributed by atoms with van der Waals surface area (Å²) >= 11 is 0. The summed E-state index contributed by atoms with van der Waals surface area (Å²) in [5.41, 5.74) is 0.0250. The zero-order chi connectivity index (χ0) is 12.8. The monoisotopic (exact) mass is 238 g/mol. The van der Waals surface area contributed by atoms with E-state index in [9.17, 15) is 9.59 Å². The number of ether oxygens (including phenoxy) is 2. The van der Waals surface area contributed by atoms with Crippen molar-refractivity contribution in [2.75, 3.05) is 6.61 Å². The molecule has 5 heteroatoms. The quantitative estimate of drug-likeness (QED) is 0.579. The van der Waals surface area contributed by atoms with E-state index in [-0.39, 0.29) is 12.2 Å². The molecular formula is C12H14O5. The van der Waals surface area contributed by atoms with Crippen LogP contribution in [0.3, 0.4) is 0 Å². The van der Waals surface area contributed by atoms with Crippen LogP contribution >= 0.6 is 0 Å². The van der Waals surface area contributed by atoms with Crippen LogP contribution in [0.1, 0.15) is 25.7 Å². The van der Waals surface area contributed by atoms with Crippen molar-refractivity contribution in [2.45, 2.75) is 20.0 Å². The normalized spacial score (nSPS) is 11.6. The lowest BCUT2D eigenvalue weighted by atomic mass is 10.1. The van der Waals surface area contributed by atoms with Gasteiger partial charge in [0.2, 0.25) is 0 Å². The van der Waals surface area contributed by atoms with Crippen LogP contribution in [0.5, 0.6) is 0 Å². The second kappa shape index (κ2) is 5.89. The van der Waals surface area contributed by atoms with E-state index < -0.39 is 18.0 Å². The third-order valence-electron chi connectivity index (χ3n) is 1.94. The molecule has 0 saturated carbocycles. The lowest BCUT2D eigenvalue weighted by Crippen LogP contribution is -2.17. The molecule has 5 nitrogen and oxygen atoms in total. The van der Waals surface area contributed by atoms with E-state index in [1.165, 1.54) is 13.2 Å². The molecule has 17 heavy (non-hydrogen) atoms. The molecule has 1 aromatic heterocycles. The molecule has 0 aliphatic carbocycles. The van der Waals surface area contributed by atoms with E-state index in [0.717, 1.165) is 0 Å². The Kier molecular flexibility index (Phi) is 4.51. The van der Waals surface area contributed by atoms with Crippen LogP contribution in [0, 0.1) is 0 Å². The SMILES string of the molecule is C=C(C(=O)OCC)C(OC(C)=O)c1ccco1. The smallest absolute Gasteiger partial charge is 0.337 e. The predicted molar refractivity (Wildman–Crippen MR) is 59.0 cm³/mol. The number of carbonyl (C=O) groups is 2. The van der Waals surface area contributed by atoms with Gasteiger partial charge in [0.15, 0.2) is 6.10 Å². The fourth-order valence-corrected chi connectivity index (χ4v) is 1.24. The maximum Gasteiger partial charge on any atom is 0.337 e.